The Kier molecular flexibility index (Phi) is 5.54. The van der Waals surface area contributed by atoms with Gasteiger partial charge in [-0.3, -0.25) is 4.79 Å². The molecule has 0 radical (unpaired) electrons. The minimum absolute atomic E-state index is 0.0469. The fourth-order valence-corrected chi connectivity index (χ4v) is 3.23. The Morgan fingerprint density at radius 3 is 2.37 bits per heavy atom. The van der Waals surface area contributed by atoms with E-state index in [1.807, 2.05) is 0 Å². The summed E-state index contributed by atoms with van der Waals surface area (Å²) in [6.07, 6.45) is 1.23. The Morgan fingerprint density at radius 1 is 0.933 bits per heavy atom. The molecule has 0 saturated heterocycles. The minimum Gasteiger partial charge on any atom is -0.497 e. The van der Waals surface area contributed by atoms with Gasteiger partial charge in [-0.15, -0.1) is 0 Å². The van der Waals surface area contributed by atoms with Crippen LogP contribution >= 0.6 is 15.9 Å². The van der Waals surface area contributed by atoms with Gasteiger partial charge in [0.2, 0.25) is 11.2 Å². The predicted molar refractivity (Wildman–Crippen MR) is 115 cm³/mol. The largest absolute Gasteiger partial charge is 0.497 e. The van der Waals surface area contributed by atoms with Gasteiger partial charge in [-0.1, -0.05) is 12.1 Å². The summed E-state index contributed by atoms with van der Waals surface area (Å²) in [5.74, 6) is 0.934. The van der Waals surface area contributed by atoms with Crippen molar-refractivity contribution in [2.75, 3.05) is 7.11 Å². The summed E-state index contributed by atoms with van der Waals surface area (Å²) in [7, 11) is 1.57. The third-order valence-corrected chi connectivity index (χ3v) is 5.00. The first-order chi connectivity index (χ1) is 14.5. The average molecular weight is 467 g/mol. The molecule has 0 amide bonds. The second-order valence-corrected chi connectivity index (χ2v) is 7.09. The van der Waals surface area contributed by atoms with Crippen molar-refractivity contribution in [2.45, 2.75) is 0 Å². The van der Waals surface area contributed by atoms with Crippen molar-refractivity contribution < 1.29 is 23.4 Å². The molecule has 0 unspecified atom stereocenters. The van der Waals surface area contributed by atoms with Gasteiger partial charge >= 0.3 is 5.97 Å². The number of esters is 1. The molecule has 0 bridgehead atoms. The lowest BCUT2D eigenvalue weighted by Gasteiger charge is -2.08. The fraction of sp³-hybridized carbons (Fsp3) is 0.0435. The molecule has 0 saturated carbocycles. The zero-order valence-electron chi connectivity index (χ0n) is 15.8. The third kappa shape index (κ3) is 4.06. The van der Waals surface area contributed by atoms with Crippen LogP contribution in [0.1, 0.15) is 10.4 Å². The van der Waals surface area contributed by atoms with E-state index in [9.17, 15) is 9.59 Å². The first-order valence-corrected chi connectivity index (χ1v) is 9.68. The molecule has 3 aromatic carbocycles. The summed E-state index contributed by atoms with van der Waals surface area (Å²) in [5.41, 5.74) is 0.331. The van der Waals surface area contributed by atoms with Crippen LogP contribution in [0.3, 0.4) is 0 Å². The number of halogens is 1. The molecule has 0 aliphatic carbocycles. The lowest BCUT2D eigenvalue weighted by atomic mass is 10.2. The zero-order chi connectivity index (χ0) is 21.1. The molecule has 0 atom stereocenters. The second-order valence-electron chi connectivity index (χ2n) is 6.23. The standard InChI is InChI=1S/C23H15BrO6/c1-27-14-6-8-15(9-7-14)29-21-13-28-20-12-16(10-11-18(20)22(21)25)30-23(26)17-4-2-3-5-19(17)24/h2-13H,1H3. The maximum absolute atomic E-state index is 12.7. The van der Waals surface area contributed by atoms with E-state index in [1.165, 1.54) is 24.5 Å². The van der Waals surface area contributed by atoms with E-state index >= 15 is 0 Å². The Labute approximate surface area is 179 Å². The van der Waals surface area contributed by atoms with E-state index in [2.05, 4.69) is 15.9 Å². The van der Waals surface area contributed by atoms with Crippen molar-refractivity contribution in [3.8, 4) is 23.0 Å². The van der Waals surface area contributed by atoms with Gasteiger partial charge in [0, 0.05) is 10.5 Å². The maximum atomic E-state index is 12.7. The van der Waals surface area contributed by atoms with E-state index in [1.54, 1.807) is 55.6 Å². The van der Waals surface area contributed by atoms with Crippen molar-refractivity contribution in [1.82, 2.24) is 0 Å². The molecule has 0 fully saturated rings. The van der Waals surface area contributed by atoms with E-state index in [0.717, 1.165) is 0 Å². The number of benzene rings is 3. The molecule has 1 aromatic heterocycles. The summed E-state index contributed by atoms with van der Waals surface area (Å²) < 4.78 is 22.3. The number of rotatable bonds is 5. The van der Waals surface area contributed by atoms with Crippen molar-refractivity contribution >= 4 is 32.9 Å². The first kappa shape index (κ1) is 19.7. The SMILES string of the molecule is COc1ccc(Oc2coc3cc(OC(=O)c4ccccc4Br)ccc3c2=O)cc1. The molecule has 30 heavy (non-hydrogen) atoms. The van der Waals surface area contributed by atoms with Crippen LogP contribution in [0.5, 0.6) is 23.0 Å². The van der Waals surface area contributed by atoms with Crippen LogP contribution in [-0.2, 0) is 0 Å². The lowest BCUT2D eigenvalue weighted by Crippen LogP contribution is -2.09. The number of fused-ring (bicyclic) bond motifs is 1. The number of hydrogen-bond donors (Lipinski definition) is 0. The highest BCUT2D eigenvalue weighted by atomic mass is 79.9. The molecular weight excluding hydrogens is 452 g/mol. The van der Waals surface area contributed by atoms with Crippen LogP contribution in [0.15, 0.2) is 86.7 Å². The topological polar surface area (TPSA) is 75.0 Å². The fourth-order valence-electron chi connectivity index (χ4n) is 2.78. The summed E-state index contributed by atoms with van der Waals surface area (Å²) >= 11 is 3.32. The molecular formula is C23H15BrO6. The third-order valence-electron chi connectivity index (χ3n) is 4.31. The molecule has 0 spiro atoms. The highest BCUT2D eigenvalue weighted by Crippen LogP contribution is 2.26. The van der Waals surface area contributed by atoms with E-state index < -0.39 is 5.97 Å². The molecule has 6 nitrogen and oxygen atoms in total. The number of carbonyl (C=O) groups excluding carboxylic acids is 1. The Bertz CT molecular complexity index is 1280. The second kappa shape index (κ2) is 8.42. The summed E-state index contributed by atoms with van der Waals surface area (Å²) in [5, 5.41) is 0.307. The van der Waals surface area contributed by atoms with Gasteiger partial charge in [0.05, 0.1) is 18.1 Å². The minimum atomic E-state index is -0.524. The number of hydrogen-bond acceptors (Lipinski definition) is 6. The van der Waals surface area contributed by atoms with E-state index in [4.69, 9.17) is 18.6 Å². The van der Waals surface area contributed by atoms with Crippen LogP contribution in [0.4, 0.5) is 0 Å². The van der Waals surface area contributed by atoms with Gasteiger partial charge in [-0.2, -0.15) is 0 Å². The normalized spacial score (nSPS) is 10.6. The zero-order valence-corrected chi connectivity index (χ0v) is 17.3. The summed E-state index contributed by atoms with van der Waals surface area (Å²) in [4.78, 5) is 25.1. The number of carbonyl (C=O) groups is 1. The molecule has 0 aliphatic heterocycles. The molecule has 4 aromatic rings. The molecule has 0 N–H and O–H groups in total. The van der Waals surface area contributed by atoms with E-state index in [-0.39, 0.29) is 22.5 Å². The van der Waals surface area contributed by atoms with Gasteiger partial charge in [-0.25, -0.2) is 4.79 Å². The molecule has 0 aliphatic rings. The molecule has 7 heteroatoms. The predicted octanol–water partition coefficient (Wildman–Crippen LogP) is 5.58. The maximum Gasteiger partial charge on any atom is 0.344 e. The van der Waals surface area contributed by atoms with Crippen molar-refractivity contribution in [2.24, 2.45) is 0 Å². The van der Waals surface area contributed by atoms with Gasteiger partial charge < -0.3 is 18.6 Å². The summed E-state index contributed by atoms with van der Waals surface area (Å²) in [6.45, 7) is 0. The lowest BCUT2D eigenvalue weighted by molar-refractivity contribution is 0.0734. The van der Waals surface area contributed by atoms with Gasteiger partial charge in [0.15, 0.2) is 0 Å². The monoisotopic (exact) mass is 466 g/mol. The van der Waals surface area contributed by atoms with E-state index in [0.29, 0.717) is 26.9 Å². The van der Waals surface area contributed by atoms with Crippen molar-refractivity contribution in [3.05, 3.63) is 93.3 Å². The van der Waals surface area contributed by atoms with Crippen LogP contribution in [0, 0.1) is 0 Å². The Hall–Kier alpha value is -3.58. The Morgan fingerprint density at radius 2 is 1.63 bits per heavy atom. The van der Waals surface area contributed by atoms with Crippen LogP contribution in [-0.4, -0.2) is 13.1 Å². The Balaban J connectivity index is 1.58. The van der Waals surface area contributed by atoms with Crippen LogP contribution in [0.2, 0.25) is 0 Å². The smallest absolute Gasteiger partial charge is 0.344 e. The van der Waals surface area contributed by atoms with Crippen LogP contribution < -0.4 is 19.6 Å². The molecule has 4 rings (SSSR count). The van der Waals surface area contributed by atoms with Gasteiger partial charge in [-0.05, 0) is 64.5 Å². The van der Waals surface area contributed by atoms with Gasteiger partial charge in [0.1, 0.15) is 29.1 Å². The average Bonchev–Trinajstić information content (AvgIpc) is 2.76. The summed E-state index contributed by atoms with van der Waals surface area (Å²) in [6, 6.07) is 18.3. The van der Waals surface area contributed by atoms with Gasteiger partial charge in [0.25, 0.3) is 0 Å². The number of methoxy groups -OCH3 is 1. The number of ether oxygens (including phenoxy) is 3. The molecule has 1 heterocycles. The highest BCUT2D eigenvalue weighted by molar-refractivity contribution is 9.10. The quantitative estimate of drug-likeness (QED) is 0.282. The van der Waals surface area contributed by atoms with Crippen molar-refractivity contribution in [3.63, 3.8) is 0 Å². The van der Waals surface area contributed by atoms with Crippen molar-refractivity contribution in [1.29, 1.82) is 0 Å². The first-order valence-electron chi connectivity index (χ1n) is 8.89. The highest BCUT2D eigenvalue weighted by Gasteiger charge is 2.14. The molecule has 150 valence electrons. The van der Waals surface area contributed by atoms with Crippen LogP contribution in [0.25, 0.3) is 11.0 Å².